The topological polar surface area (TPSA) is 38.5 Å². The van der Waals surface area contributed by atoms with Crippen molar-refractivity contribution >= 4 is 21.9 Å². The van der Waals surface area contributed by atoms with Gasteiger partial charge < -0.3 is 9.55 Å². The van der Waals surface area contributed by atoms with Crippen LogP contribution in [0.2, 0.25) is 0 Å². The van der Waals surface area contributed by atoms with Gasteiger partial charge in [0.05, 0.1) is 5.69 Å². The minimum Gasteiger partial charge on any atom is -0.361 e. The van der Waals surface area contributed by atoms with E-state index < -0.39 is 0 Å². The number of fused-ring (bicyclic) bond motifs is 2. The van der Waals surface area contributed by atoms with Gasteiger partial charge in [-0.3, -0.25) is 4.57 Å². The molecular formula is C20H16N4. The quantitative estimate of drug-likeness (QED) is 0.511. The van der Waals surface area contributed by atoms with Crippen LogP contribution in [-0.2, 0) is 7.05 Å². The molecule has 24 heavy (non-hydrogen) atoms. The van der Waals surface area contributed by atoms with E-state index in [9.17, 15) is 0 Å². The number of hydrogen-bond acceptors (Lipinski definition) is 1. The van der Waals surface area contributed by atoms with Crippen molar-refractivity contribution < 1.29 is 0 Å². The average molecular weight is 312 g/mol. The van der Waals surface area contributed by atoms with Gasteiger partial charge in [-0.05, 0) is 24.3 Å². The third-order valence-corrected chi connectivity index (χ3v) is 4.52. The smallest absolute Gasteiger partial charge is 0.144 e. The van der Waals surface area contributed by atoms with Crippen LogP contribution in [0.15, 0.2) is 73.4 Å². The predicted octanol–water partition coefficient (Wildman–Crippen LogP) is 4.51. The van der Waals surface area contributed by atoms with Gasteiger partial charge >= 0.3 is 0 Å². The van der Waals surface area contributed by atoms with Gasteiger partial charge in [0.25, 0.3) is 0 Å². The number of aromatic nitrogens is 4. The normalized spacial score (nSPS) is 11.5. The van der Waals surface area contributed by atoms with Crippen LogP contribution in [0.1, 0.15) is 0 Å². The van der Waals surface area contributed by atoms with Crippen molar-refractivity contribution in [3.8, 4) is 16.8 Å². The molecule has 5 aromatic rings. The van der Waals surface area contributed by atoms with Crippen LogP contribution in [0, 0.1) is 0 Å². The highest BCUT2D eigenvalue weighted by atomic mass is 15.1. The zero-order valence-corrected chi connectivity index (χ0v) is 13.3. The number of rotatable bonds is 2. The molecule has 0 saturated carbocycles. The van der Waals surface area contributed by atoms with Crippen LogP contribution in [0.5, 0.6) is 0 Å². The number of benzene rings is 1. The molecule has 0 fully saturated rings. The van der Waals surface area contributed by atoms with Gasteiger partial charge in [0.1, 0.15) is 5.65 Å². The molecule has 5 rings (SSSR count). The van der Waals surface area contributed by atoms with Gasteiger partial charge in [0.15, 0.2) is 0 Å². The zero-order valence-electron chi connectivity index (χ0n) is 13.3. The summed E-state index contributed by atoms with van der Waals surface area (Å²) in [5.74, 6) is 0. The highest BCUT2D eigenvalue weighted by molar-refractivity contribution is 5.98. The molecular weight excluding hydrogens is 296 g/mol. The summed E-state index contributed by atoms with van der Waals surface area (Å²) in [7, 11) is 2.06. The summed E-state index contributed by atoms with van der Waals surface area (Å²) < 4.78 is 4.26. The summed E-state index contributed by atoms with van der Waals surface area (Å²) >= 11 is 0. The monoisotopic (exact) mass is 312 g/mol. The average Bonchev–Trinajstić information content (AvgIpc) is 3.30. The Hall–Kier alpha value is -3.27. The molecule has 4 heterocycles. The molecule has 1 N–H and O–H groups in total. The number of para-hydroxylation sites is 1. The summed E-state index contributed by atoms with van der Waals surface area (Å²) in [6, 6.07) is 14.6. The molecule has 0 bridgehead atoms. The molecule has 0 spiro atoms. The van der Waals surface area contributed by atoms with Crippen LogP contribution in [0.4, 0.5) is 0 Å². The van der Waals surface area contributed by atoms with Crippen LogP contribution >= 0.6 is 0 Å². The Bertz CT molecular complexity index is 1080. The van der Waals surface area contributed by atoms with Gasteiger partial charge in [-0.1, -0.05) is 18.2 Å². The van der Waals surface area contributed by atoms with Gasteiger partial charge in [-0.25, -0.2) is 4.98 Å². The lowest BCUT2D eigenvalue weighted by atomic mass is 10.1. The van der Waals surface area contributed by atoms with Gasteiger partial charge in [-0.2, -0.15) is 0 Å². The van der Waals surface area contributed by atoms with Gasteiger partial charge in [0, 0.05) is 65.4 Å². The molecule has 0 aliphatic heterocycles. The molecule has 0 saturated heterocycles. The molecule has 0 amide bonds. The standard InChI is InChI=1S/C20H16N4/c1-23-12-17(16-11-22-18-7-3-2-6-15(16)18)19(13-23)24-10-8-14-5-4-9-21-20(14)24/h2-13,22H,1H3. The fourth-order valence-electron chi connectivity index (χ4n) is 3.42. The summed E-state index contributed by atoms with van der Waals surface area (Å²) in [5, 5.41) is 2.38. The maximum absolute atomic E-state index is 4.56. The second-order valence-electron chi connectivity index (χ2n) is 6.07. The number of aromatic amines is 1. The molecule has 4 heteroatoms. The molecule has 4 nitrogen and oxygen atoms in total. The fourth-order valence-corrected chi connectivity index (χ4v) is 3.42. The number of nitrogens with zero attached hydrogens (tertiary/aromatic N) is 3. The van der Waals surface area contributed by atoms with Gasteiger partial charge in [0.2, 0.25) is 0 Å². The Morgan fingerprint density at radius 2 is 1.88 bits per heavy atom. The lowest BCUT2D eigenvalue weighted by Crippen LogP contribution is -1.94. The molecule has 0 atom stereocenters. The first-order valence-corrected chi connectivity index (χ1v) is 7.96. The molecule has 1 aromatic carbocycles. The maximum atomic E-state index is 4.56. The van der Waals surface area contributed by atoms with E-state index in [4.69, 9.17) is 0 Å². The number of H-pyrrole nitrogens is 1. The minimum absolute atomic E-state index is 0.977. The molecule has 0 unspecified atom stereocenters. The Morgan fingerprint density at radius 3 is 2.83 bits per heavy atom. The molecule has 0 aliphatic carbocycles. The van der Waals surface area contributed by atoms with Crippen LogP contribution in [0.3, 0.4) is 0 Å². The first-order valence-electron chi connectivity index (χ1n) is 7.96. The number of pyridine rings is 1. The Morgan fingerprint density at radius 1 is 0.958 bits per heavy atom. The van der Waals surface area contributed by atoms with E-state index in [2.05, 4.69) is 87.3 Å². The third kappa shape index (κ3) is 1.83. The fraction of sp³-hybridized carbons (Fsp3) is 0.0500. The highest BCUT2D eigenvalue weighted by Crippen LogP contribution is 2.34. The molecule has 116 valence electrons. The Labute approximate surface area is 139 Å². The van der Waals surface area contributed by atoms with E-state index in [1.165, 1.54) is 16.5 Å². The summed E-state index contributed by atoms with van der Waals surface area (Å²) in [4.78, 5) is 7.93. The largest absolute Gasteiger partial charge is 0.361 e. The van der Waals surface area contributed by atoms with E-state index in [-0.39, 0.29) is 0 Å². The number of nitrogens with one attached hydrogen (secondary N) is 1. The first kappa shape index (κ1) is 13.2. The van der Waals surface area contributed by atoms with E-state index in [0.717, 1.165) is 22.2 Å². The zero-order chi connectivity index (χ0) is 16.1. The molecule has 0 radical (unpaired) electrons. The maximum Gasteiger partial charge on any atom is 0.144 e. The number of hydrogen-bond donors (Lipinski definition) is 1. The lowest BCUT2D eigenvalue weighted by Gasteiger charge is -2.06. The number of aryl methyl sites for hydroxylation is 1. The van der Waals surface area contributed by atoms with Gasteiger partial charge in [-0.15, -0.1) is 0 Å². The van der Waals surface area contributed by atoms with Crippen molar-refractivity contribution in [3.05, 3.63) is 73.4 Å². The van der Waals surface area contributed by atoms with Crippen molar-refractivity contribution in [2.75, 3.05) is 0 Å². The third-order valence-electron chi connectivity index (χ3n) is 4.52. The van der Waals surface area contributed by atoms with Crippen LogP contribution < -0.4 is 0 Å². The van der Waals surface area contributed by atoms with Crippen molar-refractivity contribution in [3.63, 3.8) is 0 Å². The highest BCUT2D eigenvalue weighted by Gasteiger charge is 2.15. The Kier molecular flexibility index (Phi) is 2.67. The van der Waals surface area contributed by atoms with Crippen molar-refractivity contribution in [1.29, 1.82) is 0 Å². The predicted molar refractivity (Wildman–Crippen MR) is 97.3 cm³/mol. The van der Waals surface area contributed by atoms with E-state index >= 15 is 0 Å². The summed E-state index contributed by atoms with van der Waals surface area (Å²) in [6.45, 7) is 0. The molecule has 4 aromatic heterocycles. The Balaban J connectivity index is 1.80. The van der Waals surface area contributed by atoms with Crippen molar-refractivity contribution in [2.24, 2.45) is 7.05 Å². The second-order valence-corrected chi connectivity index (χ2v) is 6.07. The van der Waals surface area contributed by atoms with Crippen molar-refractivity contribution in [2.45, 2.75) is 0 Å². The second kappa shape index (κ2) is 4.86. The molecule has 0 aliphatic rings. The van der Waals surface area contributed by atoms with E-state index in [1.54, 1.807) is 0 Å². The summed E-state index contributed by atoms with van der Waals surface area (Å²) in [5.41, 5.74) is 5.66. The lowest BCUT2D eigenvalue weighted by molar-refractivity contribution is 0.921. The summed E-state index contributed by atoms with van der Waals surface area (Å²) in [6.07, 6.45) is 10.3. The first-order chi connectivity index (χ1) is 11.8. The van der Waals surface area contributed by atoms with E-state index in [1.807, 2.05) is 12.3 Å². The minimum atomic E-state index is 0.977. The van der Waals surface area contributed by atoms with Crippen LogP contribution in [0.25, 0.3) is 38.8 Å². The van der Waals surface area contributed by atoms with E-state index in [0.29, 0.717) is 0 Å². The van der Waals surface area contributed by atoms with Crippen molar-refractivity contribution in [1.82, 2.24) is 19.1 Å². The van der Waals surface area contributed by atoms with Crippen LogP contribution in [-0.4, -0.2) is 19.1 Å². The SMILES string of the molecule is Cn1cc(-c2c[nH]c3ccccc23)c(-n2ccc3cccnc32)c1.